The van der Waals surface area contributed by atoms with E-state index in [2.05, 4.69) is 24.3 Å². The fraction of sp³-hybridized carbons (Fsp3) is 0.282. The van der Waals surface area contributed by atoms with Crippen LogP contribution in [0.5, 0.6) is 23.0 Å². The molecule has 3 atom stereocenters. The Kier molecular flexibility index (Phi) is 11.0. The Balaban J connectivity index is 0.840. The Bertz CT molecular complexity index is 1540. The summed E-state index contributed by atoms with van der Waals surface area (Å²) in [5.41, 5.74) is 4.42. The lowest BCUT2D eigenvalue weighted by Gasteiger charge is -2.15. The predicted molar refractivity (Wildman–Crippen MR) is 180 cm³/mol. The van der Waals surface area contributed by atoms with Gasteiger partial charge in [-0.25, -0.2) is 0 Å². The molecular weight excluding hydrogens is 580 g/mol. The molecule has 0 saturated carbocycles. The zero-order valence-electron chi connectivity index (χ0n) is 26.1. The van der Waals surface area contributed by atoms with Crippen LogP contribution in [0.3, 0.4) is 0 Å². The number of benzene rings is 4. The second kappa shape index (κ2) is 16.1. The lowest BCUT2D eigenvalue weighted by atomic mass is 10.1. The van der Waals surface area contributed by atoms with E-state index < -0.39 is 0 Å². The minimum absolute atomic E-state index is 0.0826. The molecule has 0 N–H and O–H groups in total. The molecule has 2 aliphatic rings. The molecule has 4 aromatic carbocycles. The first kappa shape index (κ1) is 31.4. The molecule has 0 aliphatic carbocycles. The summed E-state index contributed by atoms with van der Waals surface area (Å²) in [7, 11) is 0. The lowest BCUT2D eigenvalue weighted by molar-refractivity contribution is 0.0432. The number of ether oxygens (including phenoxy) is 7. The van der Waals surface area contributed by atoms with E-state index in [0.29, 0.717) is 33.0 Å². The van der Waals surface area contributed by atoms with Crippen LogP contribution in [0.1, 0.15) is 29.2 Å². The zero-order chi connectivity index (χ0) is 31.4. The Morgan fingerprint density at radius 1 is 0.543 bits per heavy atom. The molecule has 3 unspecified atom stereocenters. The predicted octanol–water partition coefficient (Wildman–Crippen LogP) is 7.45. The van der Waals surface area contributed by atoms with E-state index in [1.165, 1.54) is 0 Å². The summed E-state index contributed by atoms with van der Waals surface area (Å²) in [5, 5.41) is 0. The second-order valence-electron chi connectivity index (χ2n) is 11.3. The van der Waals surface area contributed by atoms with E-state index in [1.54, 1.807) is 0 Å². The first-order chi connectivity index (χ1) is 22.6. The van der Waals surface area contributed by atoms with Crippen LogP contribution in [0.25, 0.3) is 24.3 Å². The molecule has 0 bridgehead atoms. The van der Waals surface area contributed by atoms with Crippen LogP contribution in [-0.4, -0.2) is 64.6 Å². The maximum atomic E-state index is 6.02. The Morgan fingerprint density at radius 2 is 0.913 bits per heavy atom. The van der Waals surface area contributed by atoms with Crippen molar-refractivity contribution in [2.24, 2.45) is 0 Å². The largest absolute Gasteiger partial charge is 0.491 e. The monoisotopic (exact) mass is 620 g/mol. The van der Waals surface area contributed by atoms with Gasteiger partial charge >= 0.3 is 0 Å². The van der Waals surface area contributed by atoms with Crippen LogP contribution in [-0.2, 0) is 14.2 Å². The molecular formula is C39H40O7. The summed E-state index contributed by atoms with van der Waals surface area (Å²) in [5.74, 6) is 3.34. The van der Waals surface area contributed by atoms with Gasteiger partial charge in [-0.15, -0.1) is 0 Å². The molecule has 0 amide bonds. The molecule has 7 heteroatoms. The number of epoxide rings is 2. The molecule has 0 aromatic heterocycles. The summed E-state index contributed by atoms with van der Waals surface area (Å²) in [6.07, 6.45) is 8.76. The average Bonchev–Trinajstić information content (AvgIpc) is 4.03. The minimum Gasteiger partial charge on any atom is -0.491 e. The molecule has 2 saturated heterocycles. The van der Waals surface area contributed by atoms with Crippen LogP contribution in [0.2, 0.25) is 0 Å². The maximum Gasteiger partial charge on any atom is 0.119 e. The first-order valence-electron chi connectivity index (χ1n) is 15.8. The Morgan fingerprint density at radius 3 is 1.30 bits per heavy atom. The van der Waals surface area contributed by atoms with Crippen LogP contribution >= 0.6 is 0 Å². The molecule has 2 fully saturated rings. The zero-order valence-corrected chi connectivity index (χ0v) is 26.1. The van der Waals surface area contributed by atoms with Crippen LogP contribution < -0.4 is 18.9 Å². The molecule has 46 heavy (non-hydrogen) atoms. The van der Waals surface area contributed by atoms with Crippen molar-refractivity contribution in [3.8, 4) is 23.0 Å². The molecule has 7 nitrogen and oxygen atoms in total. The highest BCUT2D eigenvalue weighted by Gasteiger charge is 2.23. The van der Waals surface area contributed by atoms with Gasteiger partial charge in [0.05, 0.1) is 26.4 Å². The maximum absolute atomic E-state index is 6.02. The van der Waals surface area contributed by atoms with E-state index >= 15 is 0 Å². The summed E-state index contributed by atoms with van der Waals surface area (Å²) >= 11 is 0. The number of rotatable bonds is 18. The number of hydrogen-bond acceptors (Lipinski definition) is 7. The Labute approximate surface area is 270 Å². The van der Waals surface area contributed by atoms with Crippen LogP contribution in [0.4, 0.5) is 0 Å². The highest BCUT2D eigenvalue weighted by Crippen LogP contribution is 2.20. The highest BCUT2D eigenvalue weighted by atomic mass is 16.6. The number of hydrogen-bond donors (Lipinski definition) is 0. The van der Waals surface area contributed by atoms with E-state index in [4.69, 9.17) is 33.2 Å². The molecule has 6 rings (SSSR count). The van der Waals surface area contributed by atoms with Gasteiger partial charge in [0, 0.05) is 0 Å². The van der Waals surface area contributed by atoms with Crippen LogP contribution in [0.15, 0.2) is 97.1 Å². The third kappa shape index (κ3) is 10.8. The van der Waals surface area contributed by atoms with E-state index in [-0.39, 0.29) is 18.3 Å². The van der Waals surface area contributed by atoms with Gasteiger partial charge in [0.1, 0.15) is 61.1 Å². The van der Waals surface area contributed by atoms with Gasteiger partial charge in [-0.1, -0.05) is 72.8 Å². The third-order valence-corrected chi connectivity index (χ3v) is 7.32. The molecule has 2 aliphatic heterocycles. The fourth-order valence-corrected chi connectivity index (χ4v) is 4.51. The van der Waals surface area contributed by atoms with Crippen molar-refractivity contribution in [1.29, 1.82) is 0 Å². The lowest BCUT2D eigenvalue weighted by Crippen LogP contribution is -2.21. The van der Waals surface area contributed by atoms with Crippen molar-refractivity contribution in [1.82, 2.24) is 0 Å². The molecule has 238 valence electrons. The molecule has 0 spiro atoms. The van der Waals surface area contributed by atoms with Crippen molar-refractivity contribution >= 4 is 24.3 Å². The second-order valence-corrected chi connectivity index (χ2v) is 11.3. The van der Waals surface area contributed by atoms with Gasteiger partial charge in [0.2, 0.25) is 0 Å². The van der Waals surface area contributed by atoms with Gasteiger partial charge < -0.3 is 33.2 Å². The standard InChI is InChI=1S/C39H40O7/c1-29(46-37-20-12-33(13-21-37)5-4-32-10-18-36(19-11-32)43-26-39-28-45-39)24-40-22-23-41-34-14-6-30(7-15-34)2-3-31-8-16-35(17-9-31)42-25-38-27-44-38/h2-21,29,38-39H,22-28H2,1H3. The van der Waals surface area contributed by atoms with Crippen molar-refractivity contribution in [2.75, 3.05) is 46.2 Å². The topological polar surface area (TPSA) is 71.2 Å². The highest BCUT2D eigenvalue weighted by molar-refractivity contribution is 5.71. The van der Waals surface area contributed by atoms with Crippen molar-refractivity contribution in [3.63, 3.8) is 0 Å². The summed E-state index contributed by atoms with van der Waals surface area (Å²) < 4.78 is 39.4. The molecule has 0 radical (unpaired) electrons. The van der Waals surface area contributed by atoms with Gasteiger partial charge in [0.15, 0.2) is 0 Å². The summed E-state index contributed by atoms with van der Waals surface area (Å²) in [4.78, 5) is 0. The fourth-order valence-electron chi connectivity index (χ4n) is 4.51. The average molecular weight is 621 g/mol. The van der Waals surface area contributed by atoms with Crippen LogP contribution in [0, 0.1) is 0 Å². The first-order valence-corrected chi connectivity index (χ1v) is 15.8. The smallest absolute Gasteiger partial charge is 0.119 e. The minimum atomic E-state index is -0.0826. The van der Waals surface area contributed by atoms with E-state index in [1.807, 2.05) is 104 Å². The SMILES string of the molecule is CC(COCCOc1ccc(C=Cc2ccc(OCC3CO3)cc2)cc1)Oc1ccc(C=Cc2ccc(OCC3CO3)cc2)cc1. The van der Waals surface area contributed by atoms with E-state index in [9.17, 15) is 0 Å². The van der Waals surface area contributed by atoms with Gasteiger partial charge in [-0.05, 0) is 77.7 Å². The summed E-state index contributed by atoms with van der Waals surface area (Å²) in [6.45, 7) is 6.25. The van der Waals surface area contributed by atoms with Crippen molar-refractivity contribution in [2.45, 2.75) is 25.2 Å². The molecule has 2 heterocycles. The molecule has 4 aromatic rings. The Hall–Kier alpha value is -4.56. The van der Waals surface area contributed by atoms with E-state index in [0.717, 1.165) is 58.5 Å². The van der Waals surface area contributed by atoms with Gasteiger partial charge in [-0.3, -0.25) is 0 Å². The van der Waals surface area contributed by atoms with Gasteiger partial charge in [-0.2, -0.15) is 0 Å². The van der Waals surface area contributed by atoms with Crippen molar-refractivity contribution < 1.29 is 33.2 Å². The van der Waals surface area contributed by atoms with Crippen molar-refractivity contribution in [3.05, 3.63) is 119 Å². The third-order valence-electron chi connectivity index (χ3n) is 7.32. The normalized spacial score (nSPS) is 17.6. The quantitative estimate of drug-likeness (QED) is 0.0650. The van der Waals surface area contributed by atoms with Gasteiger partial charge in [0.25, 0.3) is 0 Å². The summed E-state index contributed by atoms with van der Waals surface area (Å²) in [6, 6.07) is 32.2.